The lowest BCUT2D eigenvalue weighted by molar-refractivity contribution is 0.894. The molecule has 0 spiro atoms. The Morgan fingerprint density at radius 2 is 2.31 bits per heavy atom. The second kappa shape index (κ2) is 5.80. The molecule has 0 fully saturated rings. The van der Waals surface area contributed by atoms with Crippen LogP contribution in [0, 0.1) is 0 Å². The van der Waals surface area contributed by atoms with Crippen LogP contribution in [0.3, 0.4) is 0 Å². The van der Waals surface area contributed by atoms with Gasteiger partial charge in [0, 0.05) is 7.05 Å². The number of anilines is 1. The van der Waals surface area contributed by atoms with Crippen molar-refractivity contribution in [1.29, 1.82) is 0 Å². The van der Waals surface area contributed by atoms with Crippen LogP contribution < -0.4 is 5.32 Å². The number of unbranched alkanes of at least 4 members (excludes halogenated alkanes) is 1. The maximum Gasteiger partial charge on any atom is 0.145 e. The van der Waals surface area contributed by atoms with Gasteiger partial charge in [-0.3, -0.25) is 4.98 Å². The smallest absolute Gasteiger partial charge is 0.145 e. The molecule has 0 bridgehead atoms. The monoisotopic (exact) mass is 197 g/mol. The molecule has 0 aliphatic rings. The van der Waals surface area contributed by atoms with Crippen LogP contribution in [0.5, 0.6) is 0 Å². The molecule has 1 aromatic rings. The van der Waals surface area contributed by atoms with E-state index in [2.05, 4.69) is 22.2 Å². The van der Waals surface area contributed by atoms with E-state index in [4.69, 9.17) is 0 Å². The fraction of sp³-hybridized carbons (Fsp3) is 0.556. The van der Waals surface area contributed by atoms with Crippen LogP contribution in [0.25, 0.3) is 0 Å². The van der Waals surface area contributed by atoms with Gasteiger partial charge in [0.05, 0.1) is 12.4 Å². The van der Waals surface area contributed by atoms with E-state index in [0.717, 1.165) is 16.6 Å². The lowest BCUT2D eigenvalue weighted by Gasteiger charge is -2.01. The summed E-state index contributed by atoms with van der Waals surface area (Å²) in [4.78, 5) is 8.44. The largest absolute Gasteiger partial charge is 0.372 e. The van der Waals surface area contributed by atoms with Crippen molar-refractivity contribution in [2.45, 2.75) is 24.8 Å². The van der Waals surface area contributed by atoms with E-state index in [1.807, 2.05) is 7.05 Å². The van der Waals surface area contributed by atoms with Gasteiger partial charge in [-0.1, -0.05) is 13.3 Å². The van der Waals surface area contributed by atoms with Crippen molar-refractivity contribution in [3.63, 3.8) is 0 Å². The van der Waals surface area contributed by atoms with Gasteiger partial charge in [0.15, 0.2) is 0 Å². The van der Waals surface area contributed by atoms with Gasteiger partial charge >= 0.3 is 0 Å². The maximum absolute atomic E-state index is 4.35. The number of thioether (sulfide) groups is 1. The summed E-state index contributed by atoms with van der Waals surface area (Å²) in [7, 11) is 1.85. The Labute approximate surface area is 83.4 Å². The van der Waals surface area contributed by atoms with Gasteiger partial charge in [0.25, 0.3) is 0 Å². The molecule has 1 heterocycles. The minimum atomic E-state index is 0.835. The standard InChI is InChI=1S/C9H15N3S/c1-3-4-5-13-9-7-11-6-8(10-2)12-9/h6-7H,3-5H2,1-2H3,(H,10,12). The van der Waals surface area contributed by atoms with Gasteiger partial charge in [-0.05, 0) is 12.2 Å². The average Bonchev–Trinajstić information content (AvgIpc) is 2.19. The molecule has 0 aliphatic carbocycles. The SMILES string of the molecule is CCCCSc1cncc(NC)n1. The third-order valence-corrected chi connectivity index (χ3v) is 2.60. The predicted octanol–water partition coefficient (Wildman–Crippen LogP) is 2.41. The van der Waals surface area contributed by atoms with Crippen LogP contribution in [0.1, 0.15) is 19.8 Å². The summed E-state index contributed by atoms with van der Waals surface area (Å²) in [5.41, 5.74) is 0. The fourth-order valence-corrected chi connectivity index (χ4v) is 1.80. The minimum absolute atomic E-state index is 0.835. The first-order chi connectivity index (χ1) is 6.36. The summed E-state index contributed by atoms with van der Waals surface area (Å²) in [5, 5.41) is 3.97. The molecule has 13 heavy (non-hydrogen) atoms. The van der Waals surface area contributed by atoms with Crippen molar-refractivity contribution in [2.24, 2.45) is 0 Å². The highest BCUT2D eigenvalue weighted by atomic mass is 32.2. The van der Waals surface area contributed by atoms with E-state index < -0.39 is 0 Å². The third kappa shape index (κ3) is 3.63. The zero-order valence-corrected chi connectivity index (χ0v) is 8.90. The number of nitrogens with one attached hydrogen (secondary N) is 1. The molecule has 0 saturated heterocycles. The van der Waals surface area contributed by atoms with Gasteiger partial charge in [0.1, 0.15) is 10.8 Å². The van der Waals surface area contributed by atoms with Crippen molar-refractivity contribution < 1.29 is 0 Å². The van der Waals surface area contributed by atoms with Gasteiger partial charge in [-0.25, -0.2) is 4.98 Å². The van der Waals surface area contributed by atoms with E-state index in [1.54, 1.807) is 24.2 Å². The molecule has 0 atom stereocenters. The fourth-order valence-electron chi connectivity index (χ4n) is 0.859. The van der Waals surface area contributed by atoms with Crippen molar-refractivity contribution >= 4 is 17.6 Å². The highest BCUT2D eigenvalue weighted by Crippen LogP contribution is 2.16. The molecule has 0 radical (unpaired) electrons. The Kier molecular flexibility index (Phi) is 4.60. The second-order valence-electron chi connectivity index (χ2n) is 2.69. The highest BCUT2D eigenvalue weighted by Gasteiger charge is 1.96. The van der Waals surface area contributed by atoms with Gasteiger partial charge in [-0.15, -0.1) is 11.8 Å². The lowest BCUT2D eigenvalue weighted by Crippen LogP contribution is -1.94. The number of hydrogen-bond acceptors (Lipinski definition) is 4. The zero-order chi connectivity index (χ0) is 9.52. The number of nitrogens with zero attached hydrogens (tertiary/aromatic N) is 2. The van der Waals surface area contributed by atoms with Gasteiger partial charge in [-0.2, -0.15) is 0 Å². The first kappa shape index (κ1) is 10.3. The number of aromatic nitrogens is 2. The van der Waals surface area contributed by atoms with Crippen molar-refractivity contribution in [1.82, 2.24) is 9.97 Å². The summed E-state index contributed by atoms with van der Waals surface area (Å²) in [6.45, 7) is 2.19. The third-order valence-electron chi connectivity index (χ3n) is 1.62. The van der Waals surface area contributed by atoms with E-state index in [1.165, 1.54) is 12.8 Å². The normalized spacial score (nSPS) is 10.0. The Morgan fingerprint density at radius 1 is 1.46 bits per heavy atom. The summed E-state index contributed by atoms with van der Waals surface area (Å²) in [5.74, 6) is 1.96. The van der Waals surface area contributed by atoms with Crippen molar-refractivity contribution in [3.8, 4) is 0 Å². The summed E-state index contributed by atoms with van der Waals surface area (Å²) < 4.78 is 0. The van der Waals surface area contributed by atoms with Crippen LogP contribution in [-0.2, 0) is 0 Å². The Morgan fingerprint density at radius 3 is 3.00 bits per heavy atom. The molecular formula is C9H15N3S. The van der Waals surface area contributed by atoms with Crippen LogP contribution in [0.2, 0.25) is 0 Å². The van der Waals surface area contributed by atoms with Crippen molar-refractivity contribution in [3.05, 3.63) is 12.4 Å². The molecule has 3 nitrogen and oxygen atoms in total. The quantitative estimate of drug-likeness (QED) is 0.581. The first-order valence-electron chi connectivity index (χ1n) is 4.49. The van der Waals surface area contributed by atoms with Crippen LogP contribution >= 0.6 is 11.8 Å². The first-order valence-corrected chi connectivity index (χ1v) is 5.48. The Hall–Kier alpha value is -0.770. The van der Waals surface area contributed by atoms with Gasteiger partial charge < -0.3 is 5.32 Å². The van der Waals surface area contributed by atoms with Crippen LogP contribution in [-0.4, -0.2) is 22.8 Å². The molecule has 0 unspecified atom stereocenters. The van der Waals surface area contributed by atoms with Crippen molar-refractivity contribution in [2.75, 3.05) is 18.1 Å². The second-order valence-corrected chi connectivity index (χ2v) is 3.81. The van der Waals surface area contributed by atoms with Crippen LogP contribution in [0.4, 0.5) is 5.82 Å². The minimum Gasteiger partial charge on any atom is -0.372 e. The molecule has 1 rings (SSSR count). The Balaban J connectivity index is 2.46. The molecule has 0 amide bonds. The van der Waals surface area contributed by atoms with Crippen LogP contribution in [0.15, 0.2) is 17.4 Å². The summed E-state index contributed by atoms with van der Waals surface area (Å²) >= 11 is 1.76. The molecule has 0 aromatic carbocycles. The number of rotatable bonds is 5. The summed E-state index contributed by atoms with van der Waals surface area (Å²) in [6, 6.07) is 0. The van der Waals surface area contributed by atoms with E-state index in [9.17, 15) is 0 Å². The van der Waals surface area contributed by atoms with Gasteiger partial charge in [0.2, 0.25) is 0 Å². The molecule has 1 N–H and O–H groups in total. The zero-order valence-electron chi connectivity index (χ0n) is 8.08. The molecule has 0 aliphatic heterocycles. The molecule has 1 aromatic heterocycles. The molecule has 4 heteroatoms. The molecular weight excluding hydrogens is 182 g/mol. The predicted molar refractivity (Wildman–Crippen MR) is 57.2 cm³/mol. The van der Waals surface area contributed by atoms with E-state index in [0.29, 0.717) is 0 Å². The lowest BCUT2D eigenvalue weighted by atomic mass is 10.4. The average molecular weight is 197 g/mol. The van der Waals surface area contributed by atoms with E-state index in [-0.39, 0.29) is 0 Å². The maximum atomic E-state index is 4.35. The molecule has 0 saturated carbocycles. The highest BCUT2D eigenvalue weighted by molar-refractivity contribution is 7.99. The van der Waals surface area contributed by atoms with E-state index >= 15 is 0 Å². The molecule has 72 valence electrons. The number of hydrogen-bond donors (Lipinski definition) is 1. The Bertz CT molecular complexity index is 252. The topological polar surface area (TPSA) is 37.8 Å². The summed E-state index contributed by atoms with van der Waals surface area (Å²) in [6.07, 6.45) is 5.99.